The highest BCUT2D eigenvalue weighted by Gasteiger charge is 2.23. The molecule has 0 saturated heterocycles. The maximum Gasteiger partial charge on any atom is 0.243 e. The molecule has 2 aromatic rings. The zero-order valence-electron chi connectivity index (χ0n) is 11.9. The standard InChI is InChI=1S/C13H14FN3O3S2/c1-9-8-21-13(15-9)16-12(18)7-17(2)22(19,20)11-5-3-10(14)4-6-11/h3-6,8H,7H2,1-2H3,(H,15,16,18). The van der Waals surface area contributed by atoms with Crippen LogP contribution in [0.15, 0.2) is 34.5 Å². The largest absolute Gasteiger partial charge is 0.301 e. The van der Waals surface area contributed by atoms with Crippen molar-refractivity contribution in [2.45, 2.75) is 11.8 Å². The summed E-state index contributed by atoms with van der Waals surface area (Å²) < 4.78 is 38.2. The molecule has 0 aliphatic heterocycles. The van der Waals surface area contributed by atoms with E-state index in [1.807, 2.05) is 0 Å². The maximum absolute atomic E-state index is 12.9. The Morgan fingerprint density at radius 1 is 1.36 bits per heavy atom. The Hall–Kier alpha value is -1.84. The SMILES string of the molecule is Cc1csc(NC(=O)CN(C)S(=O)(=O)c2ccc(F)cc2)n1. The van der Waals surface area contributed by atoms with Gasteiger partial charge in [-0.05, 0) is 31.2 Å². The van der Waals surface area contributed by atoms with Crippen molar-refractivity contribution in [3.05, 3.63) is 41.2 Å². The maximum atomic E-state index is 12.9. The van der Waals surface area contributed by atoms with E-state index in [9.17, 15) is 17.6 Å². The van der Waals surface area contributed by atoms with Gasteiger partial charge in [-0.25, -0.2) is 17.8 Å². The third-order valence-corrected chi connectivity index (χ3v) is 5.45. The topological polar surface area (TPSA) is 79.4 Å². The van der Waals surface area contributed by atoms with E-state index >= 15 is 0 Å². The van der Waals surface area contributed by atoms with Crippen LogP contribution < -0.4 is 5.32 Å². The number of hydrogen-bond acceptors (Lipinski definition) is 5. The number of halogens is 1. The molecule has 0 aliphatic rings. The molecule has 1 heterocycles. The monoisotopic (exact) mass is 343 g/mol. The van der Waals surface area contributed by atoms with Crippen LogP contribution in [0.2, 0.25) is 0 Å². The predicted octanol–water partition coefficient (Wildman–Crippen LogP) is 1.85. The second-order valence-electron chi connectivity index (χ2n) is 4.56. The number of sulfonamides is 1. The number of likely N-dealkylation sites (N-methyl/N-ethyl adjacent to an activating group) is 1. The van der Waals surface area contributed by atoms with E-state index in [1.165, 1.54) is 18.4 Å². The summed E-state index contributed by atoms with van der Waals surface area (Å²) in [6.45, 7) is 1.43. The van der Waals surface area contributed by atoms with Gasteiger partial charge in [-0.3, -0.25) is 4.79 Å². The number of anilines is 1. The Labute approximate surface area is 131 Å². The molecule has 1 aromatic heterocycles. The van der Waals surface area contributed by atoms with Gasteiger partial charge in [0.25, 0.3) is 0 Å². The number of nitrogens with one attached hydrogen (secondary N) is 1. The van der Waals surface area contributed by atoms with Crippen LogP contribution in [0.1, 0.15) is 5.69 Å². The number of benzene rings is 1. The fourth-order valence-corrected chi connectivity index (χ4v) is 3.48. The minimum absolute atomic E-state index is 0.0747. The van der Waals surface area contributed by atoms with Gasteiger partial charge in [0, 0.05) is 12.4 Å². The van der Waals surface area contributed by atoms with Gasteiger partial charge in [-0.1, -0.05) is 0 Å². The summed E-state index contributed by atoms with van der Waals surface area (Å²) in [4.78, 5) is 15.8. The summed E-state index contributed by atoms with van der Waals surface area (Å²) in [5.41, 5.74) is 0.771. The van der Waals surface area contributed by atoms with E-state index in [-0.39, 0.29) is 11.4 Å². The van der Waals surface area contributed by atoms with Crippen LogP contribution in [0.4, 0.5) is 9.52 Å². The van der Waals surface area contributed by atoms with E-state index < -0.39 is 21.7 Å². The normalized spacial score (nSPS) is 11.6. The summed E-state index contributed by atoms with van der Waals surface area (Å²) in [5, 5.41) is 4.71. The van der Waals surface area contributed by atoms with Crippen LogP contribution in [-0.4, -0.2) is 37.2 Å². The molecule has 0 aliphatic carbocycles. The van der Waals surface area contributed by atoms with Crippen LogP contribution in [-0.2, 0) is 14.8 Å². The molecule has 1 aromatic carbocycles. The van der Waals surface area contributed by atoms with Gasteiger partial charge < -0.3 is 5.32 Å². The van der Waals surface area contributed by atoms with Crippen molar-refractivity contribution in [2.75, 3.05) is 18.9 Å². The Morgan fingerprint density at radius 3 is 2.55 bits per heavy atom. The van der Waals surface area contributed by atoms with Gasteiger partial charge in [-0.2, -0.15) is 4.31 Å². The summed E-state index contributed by atoms with van der Waals surface area (Å²) >= 11 is 1.26. The highest BCUT2D eigenvalue weighted by atomic mass is 32.2. The smallest absolute Gasteiger partial charge is 0.243 e. The van der Waals surface area contributed by atoms with E-state index in [2.05, 4.69) is 10.3 Å². The Kier molecular flexibility index (Phi) is 4.89. The number of thiazole rings is 1. The third kappa shape index (κ3) is 3.87. The van der Waals surface area contributed by atoms with Gasteiger partial charge in [0.2, 0.25) is 15.9 Å². The lowest BCUT2D eigenvalue weighted by Crippen LogP contribution is -2.34. The number of nitrogens with zero attached hydrogens (tertiary/aromatic N) is 2. The molecule has 1 N–H and O–H groups in total. The highest BCUT2D eigenvalue weighted by Crippen LogP contribution is 2.16. The molecule has 0 bridgehead atoms. The second kappa shape index (κ2) is 6.51. The van der Waals surface area contributed by atoms with E-state index in [0.29, 0.717) is 5.13 Å². The number of amides is 1. The van der Waals surface area contributed by atoms with Gasteiger partial charge in [0.15, 0.2) is 5.13 Å². The summed E-state index contributed by atoms with van der Waals surface area (Å²) in [5.74, 6) is -1.03. The molecule has 0 fully saturated rings. The number of carbonyl (C=O) groups is 1. The van der Waals surface area contributed by atoms with Crippen molar-refractivity contribution in [2.24, 2.45) is 0 Å². The highest BCUT2D eigenvalue weighted by molar-refractivity contribution is 7.89. The summed E-state index contributed by atoms with van der Waals surface area (Å²) in [6.07, 6.45) is 0. The molecular weight excluding hydrogens is 329 g/mol. The number of aryl methyl sites for hydroxylation is 1. The minimum Gasteiger partial charge on any atom is -0.301 e. The number of rotatable bonds is 5. The molecular formula is C13H14FN3O3S2. The molecule has 2 rings (SSSR count). The fraction of sp³-hybridized carbons (Fsp3) is 0.231. The van der Waals surface area contributed by atoms with Gasteiger partial charge in [0.1, 0.15) is 5.82 Å². The third-order valence-electron chi connectivity index (χ3n) is 2.75. The van der Waals surface area contributed by atoms with Crippen molar-refractivity contribution < 1.29 is 17.6 Å². The first-order valence-corrected chi connectivity index (χ1v) is 8.55. The van der Waals surface area contributed by atoms with Crippen molar-refractivity contribution in [3.63, 3.8) is 0 Å². The number of carbonyl (C=O) groups excluding carboxylic acids is 1. The molecule has 9 heteroatoms. The van der Waals surface area contributed by atoms with E-state index in [1.54, 1.807) is 12.3 Å². The first-order valence-electron chi connectivity index (χ1n) is 6.23. The second-order valence-corrected chi connectivity index (χ2v) is 7.46. The quantitative estimate of drug-likeness (QED) is 0.898. The predicted molar refractivity (Wildman–Crippen MR) is 81.7 cm³/mol. The van der Waals surface area contributed by atoms with Crippen molar-refractivity contribution in [3.8, 4) is 0 Å². The fourth-order valence-electron chi connectivity index (χ4n) is 1.64. The average Bonchev–Trinajstić information content (AvgIpc) is 2.84. The van der Waals surface area contributed by atoms with Crippen LogP contribution in [0.5, 0.6) is 0 Å². The molecule has 22 heavy (non-hydrogen) atoms. The van der Waals surface area contributed by atoms with Crippen LogP contribution in [0, 0.1) is 12.7 Å². The molecule has 0 unspecified atom stereocenters. The molecule has 0 atom stereocenters. The number of aromatic nitrogens is 1. The molecule has 118 valence electrons. The van der Waals surface area contributed by atoms with E-state index in [4.69, 9.17) is 0 Å². The van der Waals surface area contributed by atoms with Crippen LogP contribution in [0.3, 0.4) is 0 Å². The van der Waals surface area contributed by atoms with Crippen molar-refractivity contribution in [1.29, 1.82) is 0 Å². The van der Waals surface area contributed by atoms with Crippen LogP contribution >= 0.6 is 11.3 Å². The van der Waals surface area contributed by atoms with Gasteiger partial charge in [-0.15, -0.1) is 11.3 Å². The molecule has 0 radical (unpaired) electrons. The Morgan fingerprint density at radius 2 is 2.00 bits per heavy atom. The minimum atomic E-state index is -3.85. The molecule has 6 nitrogen and oxygen atoms in total. The Bertz CT molecular complexity index is 772. The lowest BCUT2D eigenvalue weighted by atomic mass is 10.4. The Balaban J connectivity index is 2.05. The zero-order valence-corrected chi connectivity index (χ0v) is 13.5. The first-order chi connectivity index (χ1) is 10.3. The van der Waals surface area contributed by atoms with Crippen molar-refractivity contribution in [1.82, 2.24) is 9.29 Å². The summed E-state index contributed by atoms with van der Waals surface area (Å²) in [7, 11) is -2.57. The lowest BCUT2D eigenvalue weighted by molar-refractivity contribution is -0.116. The number of hydrogen-bond donors (Lipinski definition) is 1. The molecule has 0 saturated carbocycles. The molecule has 1 amide bonds. The van der Waals surface area contributed by atoms with Gasteiger partial charge >= 0.3 is 0 Å². The van der Waals surface area contributed by atoms with Crippen molar-refractivity contribution >= 4 is 32.4 Å². The zero-order chi connectivity index (χ0) is 16.3. The summed E-state index contributed by atoms with van der Waals surface area (Å²) in [6, 6.07) is 4.42. The molecule has 0 spiro atoms. The van der Waals surface area contributed by atoms with Crippen LogP contribution in [0.25, 0.3) is 0 Å². The van der Waals surface area contributed by atoms with Gasteiger partial charge in [0.05, 0.1) is 17.1 Å². The first kappa shape index (κ1) is 16.5. The van der Waals surface area contributed by atoms with E-state index in [0.717, 1.165) is 34.3 Å². The lowest BCUT2D eigenvalue weighted by Gasteiger charge is -2.16. The average molecular weight is 343 g/mol.